The zero-order valence-electron chi connectivity index (χ0n) is 16.1. The van der Waals surface area contributed by atoms with Gasteiger partial charge < -0.3 is 4.98 Å². The zero-order chi connectivity index (χ0) is 18.2. The molecule has 2 aromatic carbocycles. The third-order valence-electron chi connectivity index (χ3n) is 4.57. The van der Waals surface area contributed by atoms with Gasteiger partial charge in [-0.15, -0.1) is 0 Å². The molecule has 0 amide bonds. The summed E-state index contributed by atoms with van der Waals surface area (Å²) in [6.07, 6.45) is 1.92. The van der Waals surface area contributed by atoms with Gasteiger partial charge in [-0.2, -0.15) is 0 Å². The van der Waals surface area contributed by atoms with Crippen molar-refractivity contribution in [1.29, 1.82) is 0 Å². The Morgan fingerprint density at radius 3 is 1.56 bits per heavy atom. The van der Waals surface area contributed by atoms with Gasteiger partial charge in [0.25, 0.3) is 0 Å². The Morgan fingerprint density at radius 1 is 0.640 bits per heavy atom. The van der Waals surface area contributed by atoms with Gasteiger partial charge in [-0.25, -0.2) is 4.98 Å². The van der Waals surface area contributed by atoms with E-state index in [-0.39, 0.29) is 10.8 Å². The lowest BCUT2D eigenvalue weighted by Crippen LogP contribution is -2.13. The second-order valence-electron chi connectivity index (χ2n) is 8.80. The van der Waals surface area contributed by atoms with E-state index in [4.69, 9.17) is 0 Å². The van der Waals surface area contributed by atoms with E-state index < -0.39 is 0 Å². The molecule has 0 spiro atoms. The van der Waals surface area contributed by atoms with E-state index in [1.807, 2.05) is 6.20 Å². The molecule has 0 radical (unpaired) electrons. The number of aromatic amines is 1. The third kappa shape index (κ3) is 3.84. The SMILES string of the molecule is CC(C)(C)c1ccc(-c2ccc(-c3cnc(C(C)(C)C)[nH]3)cc2)cc1. The molecule has 0 unspecified atom stereocenters. The average Bonchev–Trinajstić information content (AvgIpc) is 3.05. The van der Waals surface area contributed by atoms with Crippen LogP contribution in [0.15, 0.2) is 54.7 Å². The Bertz CT molecular complexity index is 839. The van der Waals surface area contributed by atoms with Crippen molar-refractivity contribution in [3.05, 3.63) is 66.1 Å². The molecule has 1 N–H and O–H groups in total. The fraction of sp³-hybridized carbons (Fsp3) is 0.348. The van der Waals surface area contributed by atoms with E-state index in [2.05, 4.69) is 100 Å². The molecule has 0 atom stereocenters. The predicted octanol–water partition coefficient (Wildman–Crippen LogP) is 6.34. The van der Waals surface area contributed by atoms with Crippen molar-refractivity contribution in [2.75, 3.05) is 0 Å². The van der Waals surface area contributed by atoms with E-state index >= 15 is 0 Å². The Balaban J connectivity index is 1.84. The number of H-pyrrole nitrogens is 1. The standard InChI is InChI=1S/C23H28N2/c1-22(2,3)19-13-11-17(12-14-19)16-7-9-18(10-8-16)20-15-24-21(25-20)23(4,5)6/h7-15H,1-6H3,(H,24,25). The zero-order valence-corrected chi connectivity index (χ0v) is 16.1. The fourth-order valence-corrected chi connectivity index (χ4v) is 2.85. The van der Waals surface area contributed by atoms with E-state index in [1.165, 1.54) is 16.7 Å². The second kappa shape index (κ2) is 6.18. The highest BCUT2D eigenvalue weighted by atomic mass is 14.9. The first kappa shape index (κ1) is 17.5. The van der Waals surface area contributed by atoms with Gasteiger partial charge in [0, 0.05) is 5.41 Å². The van der Waals surface area contributed by atoms with E-state index in [9.17, 15) is 0 Å². The molecular formula is C23H28N2. The summed E-state index contributed by atoms with van der Waals surface area (Å²) in [7, 11) is 0. The van der Waals surface area contributed by atoms with Crippen molar-refractivity contribution in [3.63, 3.8) is 0 Å². The Labute approximate surface area is 151 Å². The van der Waals surface area contributed by atoms with Crippen molar-refractivity contribution in [2.24, 2.45) is 0 Å². The van der Waals surface area contributed by atoms with Gasteiger partial charge in [-0.1, -0.05) is 90.1 Å². The molecule has 0 saturated heterocycles. The van der Waals surface area contributed by atoms with Crippen LogP contribution in [0.1, 0.15) is 52.9 Å². The molecule has 130 valence electrons. The van der Waals surface area contributed by atoms with Crippen molar-refractivity contribution >= 4 is 0 Å². The Kier molecular flexibility index (Phi) is 4.32. The first-order valence-electron chi connectivity index (χ1n) is 8.91. The monoisotopic (exact) mass is 332 g/mol. The molecule has 0 saturated carbocycles. The quantitative estimate of drug-likeness (QED) is 0.583. The van der Waals surface area contributed by atoms with Crippen molar-refractivity contribution < 1.29 is 0 Å². The molecule has 1 heterocycles. The molecule has 0 aliphatic heterocycles. The molecule has 0 bridgehead atoms. The normalized spacial score (nSPS) is 12.4. The summed E-state index contributed by atoms with van der Waals surface area (Å²) in [5.41, 5.74) is 6.30. The number of benzene rings is 2. The largest absolute Gasteiger partial charge is 0.342 e. The van der Waals surface area contributed by atoms with Crippen LogP contribution in [0.2, 0.25) is 0 Å². The Morgan fingerprint density at radius 2 is 1.12 bits per heavy atom. The van der Waals surface area contributed by atoms with Gasteiger partial charge >= 0.3 is 0 Å². The lowest BCUT2D eigenvalue weighted by molar-refractivity contribution is 0.553. The minimum Gasteiger partial charge on any atom is -0.342 e. The number of imidazole rings is 1. The molecular weight excluding hydrogens is 304 g/mol. The molecule has 1 aromatic heterocycles. The molecule has 2 heteroatoms. The summed E-state index contributed by atoms with van der Waals surface area (Å²) in [5, 5.41) is 0. The third-order valence-corrected chi connectivity index (χ3v) is 4.57. The average molecular weight is 332 g/mol. The maximum absolute atomic E-state index is 4.52. The summed E-state index contributed by atoms with van der Waals surface area (Å²) in [4.78, 5) is 7.96. The van der Waals surface area contributed by atoms with Gasteiger partial charge in [0.15, 0.2) is 0 Å². The number of rotatable bonds is 2. The van der Waals surface area contributed by atoms with Gasteiger partial charge in [-0.05, 0) is 27.7 Å². The molecule has 3 rings (SSSR count). The lowest BCUT2D eigenvalue weighted by Gasteiger charge is -2.19. The van der Waals surface area contributed by atoms with E-state index in [0.717, 1.165) is 17.1 Å². The second-order valence-corrected chi connectivity index (χ2v) is 8.80. The summed E-state index contributed by atoms with van der Waals surface area (Å²) in [6.45, 7) is 13.2. The van der Waals surface area contributed by atoms with Crippen molar-refractivity contribution in [2.45, 2.75) is 52.4 Å². The van der Waals surface area contributed by atoms with E-state index in [1.54, 1.807) is 0 Å². The van der Waals surface area contributed by atoms with Crippen LogP contribution in [0.25, 0.3) is 22.4 Å². The smallest absolute Gasteiger partial charge is 0.111 e. The van der Waals surface area contributed by atoms with E-state index in [0.29, 0.717) is 0 Å². The lowest BCUT2D eigenvalue weighted by atomic mass is 9.86. The van der Waals surface area contributed by atoms with Crippen LogP contribution < -0.4 is 0 Å². The number of aromatic nitrogens is 2. The minimum absolute atomic E-state index is 0.0347. The number of hydrogen-bond donors (Lipinski definition) is 1. The number of nitrogens with one attached hydrogen (secondary N) is 1. The van der Waals surface area contributed by atoms with Gasteiger partial charge in [0.1, 0.15) is 5.82 Å². The molecule has 25 heavy (non-hydrogen) atoms. The highest BCUT2D eigenvalue weighted by Crippen LogP contribution is 2.28. The molecule has 0 aliphatic carbocycles. The number of nitrogens with zero attached hydrogens (tertiary/aromatic N) is 1. The predicted molar refractivity (Wildman–Crippen MR) is 107 cm³/mol. The van der Waals surface area contributed by atoms with Crippen molar-refractivity contribution in [3.8, 4) is 22.4 Å². The fourth-order valence-electron chi connectivity index (χ4n) is 2.85. The van der Waals surface area contributed by atoms with Crippen LogP contribution >= 0.6 is 0 Å². The Hall–Kier alpha value is -2.35. The molecule has 3 aromatic rings. The van der Waals surface area contributed by atoms with Gasteiger partial charge in [0.05, 0.1) is 11.9 Å². The maximum Gasteiger partial charge on any atom is 0.111 e. The highest BCUT2D eigenvalue weighted by molar-refractivity contribution is 5.69. The van der Waals surface area contributed by atoms with Crippen LogP contribution in [0.5, 0.6) is 0 Å². The number of hydrogen-bond acceptors (Lipinski definition) is 1. The summed E-state index contributed by atoms with van der Waals surface area (Å²) >= 11 is 0. The molecule has 0 fully saturated rings. The first-order valence-corrected chi connectivity index (χ1v) is 8.91. The van der Waals surface area contributed by atoms with Crippen LogP contribution in [-0.2, 0) is 10.8 Å². The highest BCUT2D eigenvalue weighted by Gasteiger charge is 2.18. The van der Waals surface area contributed by atoms with Crippen LogP contribution in [0.3, 0.4) is 0 Å². The van der Waals surface area contributed by atoms with Crippen LogP contribution in [0.4, 0.5) is 0 Å². The summed E-state index contributed by atoms with van der Waals surface area (Å²) in [6, 6.07) is 17.6. The molecule has 0 aliphatic rings. The van der Waals surface area contributed by atoms with Gasteiger partial charge in [-0.3, -0.25) is 0 Å². The first-order chi connectivity index (χ1) is 11.6. The van der Waals surface area contributed by atoms with Crippen LogP contribution in [-0.4, -0.2) is 9.97 Å². The van der Waals surface area contributed by atoms with Crippen molar-refractivity contribution in [1.82, 2.24) is 9.97 Å². The summed E-state index contributed by atoms with van der Waals surface area (Å²) < 4.78 is 0. The maximum atomic E-state index is 4.52. The molecule has 2 nitrogen and oxygen atoms in total. The minimum atomic E-state index is 0.0347. The van der Waals surface area contributed by atoms with Crippen LogP contribution in [0, 0.1) is 0 Å². The van der Waals surface area contributed by atoms with Gasteiger partial charge in [0.2, 0.25) is 0 Å². The summed E-state index contributed by atoms with van der Waals surface area (Å²) in [5.74, 6) is 1.02. The topological polar surface area (TPSA) is 28.7 Å².